The molecule has 0 saturated heterocycles. The van der Waals surface area contributed by atoms with Gasteiger partial charge >= 0.3 is 5.97 Å². The van der Waals surface area contributed by atoms with Gasteiger partial charge in [0, 0.05) is 6.61 Å². The van der Waals surface area contributed by atoms with Crippen molar-refractivity contribution in [3.05, 3.63) is 0 Å². The minimum atomic E-state index is -1.99. The van der Waals surface area contributed by atoms with Gasteiger partial charge in [-0.1, -0.05) is 0 Å². The predicted octanol–water partition coefficient (Wildman–Crippen LogP) is 4.90. The normalized spacial score (nSPS) is 16.3. The Labute approximate surface area is 165 Å². The number of hydrogen-bond donors (Lipinski definition) is 0. The Hall–Kier alpha value is 0.218. The lowest BCUT2D eigenvalue weighted by molar-refractivity contribution is -0.145. The van der Waals surface area contributed by atoms with E-state index in [4.69, 9.17) is 17.7 Å². The summed E-state index contributed by atoms with van der Waals surface area (Å²) < 4.78 is 24.4. The Morgan fingerprint density at radius 2 is 1.08 bits per heavy atom. The summed E-state index contributed by atoms with van der Waals surface area (Å²) in [5.41, 5.74) is 0. The van der Waals surface area contributed by atoms with Crippen LogP contribution in [-0.4, -0.2) is 58.6 Å². The third kappa shape index (κ3) is 14.3. The molecule has 9 heteroatoms. The molecule has 0 saturated carbocycles. The standard InChI is InChI=1S/C17H42O5Si4/c1-23(2,3)19-13-15(17(18)22-26(10,11)12)16(21-25(7,8)9)14-20-24(4,5)6/h15-16H,13-14H2,1-12H3/t15-,16+/m0/s1. The summed E-state index contributed by atoms with van der Waals surface area (Å²) in [5.74, 6) is -0.652. The van der Waals surface area contributed by atoms with E-state index in [0.717, 1.165) is 0 Å². The highest BCUT2D eigenvalue weighted by Crippen LogP contribution is 2.22. The Morgan fingerprint density at radius 3 is 1.42 bits per heavy atom. The topological polar surface area (TPSA) is 54.0 Å². The molecule has 0 bridgehead atoms. The molecule has 0 aliphatic heterocycles. The molecule has 0 heterocycles. The van der Waals surface area contributed by atoms with E-state index in [1.54, 1.807) is 0 Å². The van der Waals surface area contributed by atoms with Crippen LogP contribution in [0.3, 0.4) is 0 Å². The van der Waals surface area contributed by atoms with Crippen molar-refractivity contribution < 1.29 is 22.5 Å². The fourth-order valence-electron chi connectivity index (χ4n) is 2.06. The molecule has 0 aromatic carbocycles. The largest absolute Gasteiger partial charge is 0.520 e. The van der Waals surface area contributed by atoms with E-state index in [1.807, 2.05) is 19.6 Å². The van der Waals surface area contributed by atoms with Gasteiger partial charge in [-0.15, -0.1) is 0 Å². The molecule has 0 aromatic rings. The van der Waals surface area contributed by atoms with E-state index in [9.17, 15) is 4.79 Å². The molecule has 2 atom stereocenters. The highest BCUT2D eigenvalue weighted by atomic mass is 28.4. The molecule has 0 aliphatic rings. The second-order valence-corrected chi connectivity index (χ2v) is 28.7. The quantitative estimate of drug-likeness (QED) is 0.429. The van der Waals surface area contributed by atoms with E-state index in [1.165, 1.54) is 0 Å². The van der Waals surface area contributed by atoms with E-state index in [0.29, 0.717) is 13.2 Å². The van der Waals surface area contributed by atoms with Crippen molar-refractivity contribution in [1.29, 1.82) is 0 Å². The number of rotatable bonds is 11. The number of hydrogen-bond acceptors (Lipinski definition) is 5. The summed E-state index contributed by atoms with van der Waals surface area (Å²) in [7, 11) is -7.34. The number of carbonyl (C=O) groups excluding carboxylic acids is 1. The van der Waals surface area contributed by atoms with Gasteiger partial charge in [-0.2, -0.15) is 0 Å². The molecule has 26 heavy (non-hydrogen) atoms. The Morgan fingerprint density at radius 1 is 0.654 bits per heavy atom. The zero-order valence-corrected chi connectivity index (χ0v) is 23.1. The van der Waals surface area contributed by atoms with Crippen LogP contribution in [0.2, 0.25) is 78.6 Å². The van der Waals surface area contributed by atoms with Gasteiger partial charge in [0.1, 0.15) is 5.92 Å². The molecule has 0 N–H and O–H groups in total. The van der Waals surface area contributed by atoms with Crippen LogP contribution in [0.4, 0.5) is 0 Å². The van der Waals surface area contributed by atoms with Crippen molar-refractivity contribution in [3.63, 3.8) is 0 Å². The SMILES string of the molecule is C[Si](C)(C)OC[C@H](C(=O)O[Si](C)(C)C)[C@@H](CO[Si](C)(C)C)O[Si](C)(C)C. The molecule has 156 valence electrons. The summed E-state index contributed by atoms with van der Waals surface area (Å²) in [5, 5.41) is 0. The maximum absolute atomic E-state index is 13.0. The summed E-state index contributed by atoms with van der Waals surface area (Å²) in [4.78, 5) is 13.0. The third-order valence-corrected chi connectivity index (χ3v) is 6.93. The van der Waals surface area contributed by atoms with Crippen LogP contribution in [0.5, 0.6) is 0 Å². The minimum absolute atomic E-state index is 0.204. The monoisotopic (exact) mass is 438 g/mol. The first-order chi connectivity index (χ1) is 11.3. The average Bonchev–Trinajstić information content (AvgIpc) is 2.29. The molecule has 0 aromatic heterocycles. The fraction of sp³-hybridized carbons (Fsp3) is 0.941. The summed E-state index contributed by atoms with van der Waals surface area (Å²) in [6.45, 7) is 26.0. The molecule has 0 aliphatic carbocycles. The van der Waals surface area contributed by atoms with Gasteiger partial charge in [0.15, 0.2) is 25.0 Å². The zero-order chi connectivity index (χ0) is 21.0. The maximum atomic E-state index is 13.0. The van der Waals surface area contributed by atoms with Crippen LogP contribution in [0.15, 0.2) is 0 Å². The van der Waals surface area contributed by atoms with E-state index >= 15 is 0 Å². The molecular weight excluding hydrogens is 397 g/mol. The lowest BCUT2D eigenvalue weighted by atomic mass is 10.1. The molecular formula is C17H42O5Si4. The third-order valence-electron chi connectivity index (χ3n) is 3.04. The summed E-state index contributed by atoms with van der Waals surface area (Å²) >= 11 is 0. The van der Waals surface area contributed by atoms with Gasteiger partial charge in [0.05, 0.1) is 12.7 Å². The number of carbonyl (C=O) groups is 1. The highest BCUT2D eigenvalue weighted by molar-refractivity contribution is 6.71. The van der Waals surface area contributed by atoms with E-state index in [-0.39, 0.29) is 12.1 Å². The minimum Gasteiger partial charge on any atom is -0.520 e. The molecule has 0 fully saturated rings. The van der Waals surface area contributed by atoms with Crippen LogP contribution in [0.1, 0.15) is 0 Å². The Balaban J connectivity index is 5.54. The van der Waals surface area contributed by atoms with Crippen LogP contribution in [0, 0.1) is 5.92 Å². The van der Waals surface area contributed by atoms with Crippen molar-refractivity contribution in [2.75, 3.05) is 13.2 Å². The van der Waals surface area contributed by atoms with Crippen LogP contribution in [-0.2, 0) is 22.5 Å². The maximum Gasteiger partial charge on any atom is 0.300 e. The van der Waals surface area contributed by atoms with Gasteiger partial charge < -0.3 is 17.7 Å². The van der Waals surface area contributed by atoms with Gasteiger partial charge in [0.2, 0.25) is 8.32 Å². The smallest absolute Gasteiger partial charge is 0.300 e. The second kappa shape index (κ2) is 9.62. The first-order valence-electron chi connectivity index (χ1n) is 9.48. The van der Waals surface area contributed by atoms with Crippen molar-refractivity contribution in [2.24, 2.45) is 5.92 Å². The van der Waals surface area contributed by atoms with Gasteiger partial charge in [-0.25, -0.2) is 0 Å². The van der Waals surface area contributed by atoms with Crippen molar-refractivity contribution in [2.45, 2.75) is 84.7 Å². The lowest BCUT2D eigenvalue weighted by Gasteiger charge is -2.35. The van der Waals surface area contributed by atoms with Crippen molar-refractivity contribution >= 4 is 39.2 Å². The second-order valence-electron chi connectivity index (χ2n) is 10.8. The first kappa shape index (κ1) is 26.2. The molecule has 0 amide bonds. The van der Waals surface area contributed by atoms with E-state index < -0.39 is 39.2 Å². The summed E-state index contributed by atoms with van der Waals surface area (Å²) in [6.07, 6.45) is -0.325. The highest BCUT2D eigenvalue weighted by Gasteiger charge is 2.38. The zero-order valence-electron chi connectivity index (χ0n) is 19.1. The summed E-state index contributed by atoms with van der Waals surface area (Å²) in [6, 6.07) is 0. The van der Waals surface area contributed by atoms with Crippen LogP contribution >= 0.6 is 0 Å². The van der Waals surface area contributed by atoms with Crippen molar-refractivity contribution in [3.8, 4) is 0 Å². The van der Waals surface area contributed by atoms with Gasteiger partial charge in [0.25, 0.3) is 0 Å². The van der Waals surface area contributed by atoms with E-state index in [2.05, 4.69) is 58.9 Å². The van der Waals surface area contributed by atoms with Gasteiger partial charge in [-0.3, -0.25) is 4.79 Å². The van der Waals surface area contributed by atoms with Crippen molar-refractivity contribution in [1.82, 2.24) is 0 Å². The molecule has 0 unspecified atom stereocenters. The molecule has 0 radical (unpaired) electrons. The average molecular weight is 439 g/mol. The Bertz CT molecular complexity index is 444. The first-order valence-corrected chi connectivity index (χ1v) is 23.1. The molecule has 0 rings (SSSR count). The van der Waals surface area contributed by atoms with Crippen LogP contribution < -0.4 is 0 Å². The lowest BCUT2D eigenvalue weighted by Crippen LogP contribution is -2.48. The molecule has 5 nitrogen and oxygen atoms in total. The van der Waals surface area contributed by atoms with Gasteiger partial charge in [-0.05, 0) is 78.6 Å². The fourth-order valence-corrected chi connectivity index (χ4v) is 5.30. The molecule has 0 spiro atoms. The predicted molar refractivity (Wildman–Crippen MR) is 120 cm³/mol. The van der Waals surface area contributed by atoms with Crippen LogP contribution in [0.25, 0.3) is 0 Å². The Kier molecular flexibility index (Phi) is 9.70.